The molecule has 37 heavy (non-hydrogen) atoms. The summed E-state index contributed by atoms with van der Waals surface area (Å²) in [6.07, 6.45) is -4.72. The molecule has 2 saturated heterocycles. The normalized spacial score (nSPS) is 18.1. The minimum absolute atomic E-state index is 0.0567. The van der Waals surface area contributed by atoms with Crippen LogP contribution in [0.5, 0.6) is 5.88 Å². The molecule has 0 bridgehead atoms. The predicted molar refractivity (Wildman–Crippen MR) is 124 cm³/mol. The van der Waals surface area contributed by atoms with E-state index in [0.717, 1.165) is 5.56 Å². The SMILES string of the molecule is N#Cc1ccc(CCNC(=O)C2CCN2c2cc(OC3CCN(C(=O)O)CC3)nc(C(F)(F)F)n2)cc1. The van der Waals surface area contributed by atoms with Gasteiger partial charge in [0.15, 0.2) is 0 Å². The Morgan fingerprint density at radius 1 is 1.14 bits per heavy atom. The van der Waals surface area contributed by atoms with E-state index in [-0.39, 0.29) is 30.7 Å². The zero-order valence-electron chi connectivity index (χ0n) is 19.7. The Labute approximate surface area is 210 Å². The van der Waals surface area contributed by atoms with E-state index in [1.807, 2.05) is 6.07 Å². The second-order valence-electron chi connectivity index (χ2n) is 8.82. The Morgan fingerprint density at radius 2 is 1.84 bits per heavy atom. The summed E-state index contributed by atoms with van der Waals surface area (Å²) < 4.78 is 46.2. The fraction of sp³-hybridized carbons (Fsp3) is 0.458. The van der Waals surface area contributed by atoms with Crippen molar-refractivity contribution in [2.75, 3.05) is 31.1 Å². The molecule has 3 heterocycles. The summed E-state index contributed by atoms with van der Waals surface area (Å²) >= 11 is 0. The van der Waals surface area contributed by atoms with Crippen LogP contribution in [0.25, 0.3) is 0 Å². The largest absolute Gasteiger partial charge is 0.474 e. The average Bonchev–Trinajstić information content (AvgIpc) is 2.83. The Hall–Kier alpha value is -4.08. The second kappa shape index (κ2) is 10.9. The van der Waals surface area contributed by atoms with Gasteiger partial charge in [0.1, 0.15) is 18.0 Å². The molecular formula is C24H25F3N6O4. The van der Waals surface area contributed by atoms with Crippen LogP contribution < -0.4 is 15.0 Å². The van der Waals surface area contributed by atoms with E-state index in [1.54, 1.807) is 24.3 Å². The molecule has 1 unspecified atom stereocenters. The number of hydrogen-bond donors (Lipinski definition) is 2. The van der Waals surface area contributed by atoms with Crippen molar-refractivity contribution in [1.82, 2.24) is 20.2 Å². The van der Waals surface area contributed by atoms with Crippen molar-refractivity contribution >= 4 is 17.8 Å². The van der Waals surface area contributed by atoms with Gasteiger partial charge in [0.25, 0.3) is 0 Å². The number of nitriles is 1. The van der Waals surface area contributed by atoms with Gasteiger partial charge in [0.05, 0.1) is 11.6 Å². The molecule has 196 valence electrons. The highest BCUT2D eigenvalue weighted by Gasteiger charge is 2.40. The van der Waals surface area contributed by atoms with Crippen LogP contribution >= 0.6 is 0 Å². The number of likely N-dealkylation sites (tertiary alicyclic amines) is 1. The quantitative estimate of drug-likeness (QED) is 0.572. The van der Waals surface area contributed by atoms with Crippen molar-refractivity contribution in [1.29, 1.82) is 5.26 Å². The van der Waals surface area contributed by atoms with Gasteiger partial charge in [-0.25, -0.2) is 9.78 Å². The molecule has 2 N–H and O–H groups in total. The van der Waals surface area contributed by atoms with Crippen LogP contribution in [-0.2, 0) is 17.4 Å². The first-order valence-electron chi connectivity index (χ1n) is 11.8. The average molecular weight is 518 g/mol. The molecule has 2 aliphatic rings. The van der Waals surface area contributed by atoms with Crippen LogP contribution in [0.4, 0.5) is 23.8 Å². The molecule has 1 aromatic heterocycles. The van der Waals surface area contributed by atoms with E-state index < -0.39 is 30.2 Å². The second-order valence-corrected chi connectivity index (χ2v) is 8.82. The summed E-state index contributed by atoms with van der Waals surface area (Å²) in [5, 5.41) is 20.7. The van der Waals surface area contributed by atoms with Gasteiger partial charge in [0.2, 0.25) is 17.6 Å². The minimum Gasteiger partial charge on any atom is -0.474 e. The molecule has 2 aromatic rings. The summed E-state index contributed by atoms with van der Waals surface area (Å²) in [5.74, 6) is -2.01. The van der Waals surface area contributed by atoms with Gasteiger partial charge in [-0.2, -0.15) is 23.4 Å². The van der Waals surface area contributed by atoms with Gasteiger partial charge in [0, 0.05) is 45.1 Å². The zero-order valence-corrected chi connectivity index (χ0v) is 19.7. The maximum absolute atomic E-state index is 13.5. The number of ether oxygens (including phenoxy) is 1. The third kappa shape index (κ3) is 6.38. The number of aromatic nitrogens is 2. The number of alkyl halides is 3. The highest BCUT2D eigenvalue weighted by Crippen LogP contribution is 2.33. The summed E-state index contributed by atoms with van der Waals surface area (Å²) in [7, 11) is 0. The van der Waals surface area contributed by atoms with Gasteiger partial charge in [-0.05, 0) is 30.5 Å². The lowest BCUT2D eigenvalue weighted by atomic mass is 10.0. The fourth-order valence-electron chi connectivity index (χ4n) is 4.21. The molecule has 1 aromatic carbocycles. The number of benzene rings is 1. The predicted octanol–water partition coefficient (Wildman–Crippen LogP) is 2.83. The lowest BCUT2D eigenvalue weighted by Gasteiger charge is -2.40. The van der Waals surface area contributed by atoms with Crippen LogP contribution in [0.2, 0.25) is 0 Å². The monoisotopic (exact) mass is 518 g/mol. The molecule has 0 saturated carbocycles. The highest BCUT2D eigenvalue weighted by molar-refractivity contribution is 5.86. The highest BCUT2D eigenvalue weighted by atomic mass is 19.4. The van der Waals surface area contributed by atoms with Crippen molar-refractivity contribution in [3.8, 4) is 11.9 Å². The van der Waals surface area contributed by atoms with Gasteiger partial charge in [-0.15, -0.1) is 0 Å². The topological polar surface area (TPSA) is 132 Å². The minimum atomic E-state index is -4.81. The van der Waals surface area contributed by atoms with Crippen LogP contribution in [0.1, 0.15) is 36.2 Å². The summed E-state index contributed by atoms with van der Waals surface area (Å²) in [6, 6.07) is 9.62. The Bertz CT molecular complexity index is 1180. The number of rotatable bonds is 7. The smallest absolute Gasteiger partial charge is 0.451 e. The number of piperidine rings is 1. The van der Waals surface area contributed by atoms with Crippen molar-refractivity contribution in [2.45, 2.75) is 44.0 Å². The van der Waals surface area contributed by atoms with E-state index in [2.05, 4.69) is 15.3 Å². The molecule has 4 rings (SSSR count). The van der Waals surface area contributed by atoms with E-state index in [9.17, 15) is 22.8 Å². The van der Waals surface area contributed by atoms with E-state index >= 15 is 0 Å². The first kappa shape index (κ1) is 26.0. The standard InChI is InChI=1S/C24H25F3N6O4/c25-24(26,27)22-30-19(13-20(31-22)37-17-6-10-32(11-7-17)23(35)36)33-12-8-18(33)21(34)29-9-5-15-1-3-16(14-28)4-2-15/h1-4,13,17-18H,5-12H2,(H,29,34)(H,35,36). The van der Waals surface area contributed by atoms with Crippen molar-refractivity contribution in [3.63, 3.8) is 0 Å². The van der Waals surface area contributed by atoms with Crippen molar-refractivity contribution in [2.24, 2.45) is 0 Å². The molecule has 2 aliphatic heterocycles. The van der Waals surface area contributed by atoms with Gasteiger partial charge >= 0.3 is 12.3 Å². The summed E-state index contributed by atoms with van der Waals surface area (Å²) in [5.41, 5.74) is 1.47. The van der Waals surface area contributed by atoms with E-state index in [4.69, 9.17) is 15.1 Å². The van der Waals surface area contributed by atoms with Crippen LogP contribution in [0.3, 0.4) is 0 Å². The molecule has 10 nitrogen and oxygen atoms in total. The number of anilines is 1. The summed E-state index contributed by atoms with van der Waals surface area (Å²) in [4.78, 5) is 33.7. The Morgan fingerprint density at radius 3 is 2.41 bits per heavy atom. The molecular weight excluding hydrogens is 493 g/mol. The van der Waals surface area contributed by atoms with Gasteiger partial charge < -0.3 is 25.0 Å². The zero-order chi connectivity index (χ0) is 26.6. The van der Waals surface area contributed by atoms with E-state index in [1.165, 1.54) is 15.9 Å². The van der Waals surface area contributed by atoms with Crippen LogP contribution in [-0.4, -0.2) is 70.3 Å². The maximum Gasteiger partial charge on any atom is 0.451 e. The van der Waals surface area contributed by atoms with E-state index in [0.29, 0.717) is 44.3 Å². The molecule has 0 radical (unpaired) electrons. The molecule has 2 amide bonds. The first-order valence-corrected chi connectivity index (χ1v) is 11.8. The lowest BCUT2D eigenvalue weighted by Crippen LogP contribution is -2.57. The van der Waals surface area contributed by atoms with Gasteiger partial charge in [-0.1, -0.05) is 12.1 Å². The summed E-state index contributed by atoms with van der Waals surface area (Å²) in [6.45, 7) is 1.09. The van der Waals surface area contributed by atoms with Crippen LogP contribution in [0.15, 0.2) is 30.3 Å². The Balaban J connectivity index is 1.40. The molecule has 13 heteroatoms. The number of carbonyl (C=O) groups excluding carboxylic acids is 1. The number of carbonyl (C=O) groups is 2. The molecule has 0 aliphatic carbocycles. The maximum atomic E-state index is 13.5. The third-order valence-corrected chi connectivity index (χ3v) is 6.36. The molecule has 2 fully saturated rings. The number of amides is 2. The van der Waals surface area contributed by atoms with Gasteiger partial charge in [-0.3, -0.25) is 4.79 Å². The number of carboxylic acid groups (broad SMARTS) is 1. The number of hydrogen-bond acceptors (Lipinski definition) is 7. The number of halogens is 3. The third-order valence-electron chi connectivity index (χ3n) is 6.36. The Kier molecular flexibility index (Phi) is 7.66. The van der Waals surface area contributed by atoms with Crippen LogP contribution in [0, 0.1) is 11.3 Å². The molecule has 0 spiro atoms. The van der Waals surface area contributed by atoms with Crippen molar-refractivity contribution < 1.29 is 32.6 Å². The number of nitrogens with one attached hydrogen (secondary N) is 1. The first-order chi connectivity index (χ1) is 17.6. The number of nitrogens with zero attached hydrogens (tertiary/aromatic N) is 5. The molecule has 1 atom stereocenters. The lowest BCUT2D eigenvalue weighted by molar-refractivity contribution is -0.145. The fourth-order valence-corrected chi connectivity index (χ4v) is 4.21. The van der Waals surface area contributed by atoms with Crippen molar-refractivity contribution in [3.05, 3.63) is 47.3 Å².